The van der Waals surface area contributed by atoms with E-state index in [2.05, 4.69) is 13.8 Å². The van der Waals surface area contributed by atoms with Gasteiger partial charge in [0.25, 0.3) is 5.69 Å². The van der Waals surface area contributed by atoms with Crippen LogP contribution in [0.4, 0.5) is 11.4 Å². The Kier molecular flexibility index (Phi) is 6.36. The molecule has 0 radical (unpaired) electrons. The maximum absolute atomic E-state index is 11.7. The number of hydrogen-bond donors (Lipinski definition) is 1. The van der Waals surface area contributed by atoms with Gasteiger partial charge in [0.1, 0.15) is 5.69 Å². The van der Waals surface area contributed by atoms with Gasteiger partial charge in [0.15, 0.2) is 0 Å². The van der Waals surface area contributed by atoms with Gasteiger partial charge >= 0.3 is 5.97 Å². The highest BCUT2D eigenvalue weighted by molar-refractivity contribution is 5.69. The molecule has 0 saturated carbocycles. The van der Waals surface area contributed by atoms with Crippen LogP contribution in [0.2, 0.25) is 0 Å². The van der Waals surface area contributed by atoms with E-state index in [9.17, 15) is 14.9 Å². The van der Waals surface area contributed by atoms with Crippen LogP contribution in [-0.4, -0.2) is 41.8 Å². The van der Waals surface area contributed by atoms with E-state index in [0.717, 1.165) is 0 Å². The van der Waals surface area contributed by atoms with Gasteiger partial charge in [-0.2, -0.15) is 0 Å². The minimum Gasteiger partial charge on any atom is -0.481 e. The van der Waals surface area contributed by atoms with Crippen molar-refractivity contribution in [1.82, 2.24) is 0 Å². The van der Waals surface area contributed by atoms with E-state index in [0.29, 0.717) is 43.3 Å². The van der Waals surface area contributed by atoms with Crippen LogP contribution in [0.3, 0.4) is 0 Å². The molecule has 2 rings (SSSR count). The van der Waals surface area contributed by atoms with Crippen molar-refractivity contribution in [2.45, 2.75) is 45.6 Å². The van der Waals surface area contributed by atoms with Gasteiger partial charge in [0.2, 0.25) is 0 Å². The van der Waals surface area contributed by atoms with Crippen LogP contribution in [0.1, 0.15) is 45.1 Å². The maximum Gasteiger partial charge on any atom is 0.303 e. The molecule has 7 nitrogen and oxygen atoms in total. The quantitative estimate of drug-likeness (QED) is 0.598. The third-order valence-electron chi connectivity index (χ3n) is 4.83. The summed E-state index contributed by atoms with van der Waals surface area (Å²) in [7, 11) is 0. The summed E-state index contributed by atoms with van der Waals surface area (Å²) in [5, 5.41) is 20.7. The lowest BCUT2D eigenvalue weighted by molar-refractivity contribution is -0.384. The fourth-order valence-electron chi connectivity index (χ4n) is 3.37. The summed E-state index contributed by atoms with van der Waals surface area (Å²) in [5.41, 5.74) is 1.32. The molecular formula is C18H26N2O5. The van der Waals surface area contributed by atoms with Crippen LogP contribution in [0.5, 0.6) is 0 Å². The summed E-state index contributed by atoms with van der Waals surface area (Å²) >= 11 is 0. The fraction of sp³-hybridized carbons (Fsp3) is 0.611. The summed E-state index contributed by atoms with van der Waals surface area (Å²) in [6.45, 7) is 7.74. The third kappa shape index (κ3) is 4.48. The van der Waals surface area contributed by atoms with Crippen molar-refractivity contribution in [2.24, 2.45) is 5.92 Å². The molecule has 1 heterocycles. The molecule has 1 aromatic rings. The van der Waals surface area contributed by atoms with Gasteiger partial charge in [0, 0.05) is 12.6 Å². The Balaban J connectivity index is 2.41. The van der Waals surface area contributed by atoms with E-state index < -0.39 is 5.97 Å². The van der Waals surface area contributed by atoms with Gasteiger partial charge in [-0.05, 0) is 29.9 Å². The molecule has 25 heavy (non-hydrogen) atoms. The minimum absolute atomic E-state index is 0.0286. The minimum atomic E-state index is -0.897. The highest BCUT2D eigenvalue weighted by Crippen LogP contribution is 2.36. The Morgan fingerprint density at radius 3 is 2.76 bits per heavy atom. The number of rotatable bonds is 7. The first-order valence-electron chi connectivity index (χ1n) is 8.69. The molecule has 1 aliphatic rings. The number of carbonyl (C=O) groups is 1. The predicted octanol–water partition coefficient (Wildman–Crippen LogP) is 3.42. The number of nitro benzene ring substituents is 1. The molecule has 1 aromatic carbocycles. The molecular weight excluding hydrogens is 324 g/mol. The lowest BCUT2D eigenvalue weighted by Crippen LogP contribution is -2.48. The number of anilines is 1. The number of ether oxygens (including phenoxy) is 1. The zero-order chi connectivity index (χ0) is 18.6. The normalized spacial score (nSPS) is 19.0. The van der Waals surface area contributed by atoms with Gasteiger partial charge in [-0.3, -0.25) is 14.9 Å². The Morgan fingerprint density at radius 1 is 1.48 bits per heavy atom. The Morgan fingerprint density at radius 2 is 2.20 bits per heavy atom. The van der Waals surface area contributed by atoms with Crippen LogP contribution < -0.4 is 4.90 Å². The first-order chi connectivity index (χ1) is 11.8. The molecule has 0 amide bonds. The van der Waals surface area contributed by atoms with Crippen LogP contribution >= 0.6 is 0 Å². The molecule has 138 valence electrons. The second kappa shape index (κ2) is 8.29. The van der Waals surface area contributed by atoms with E-state index in [1.807, 2.05) is 17.9 Å². The van der Waals surface area contributed by atoms with Gasteiger partial charge < -0.3 is 14.7 Å². The maximum atomic E-state index is 11.7. The number of hydrogen-bond acceptors (Lipinski definition) is 5. The van der Waals surface area contributed by atoms with Crippen molar-refractivity contribution >= 4 is 17.3 Å². The number of carboxylic acid groups (broad SMARTS) is 1. The molecule has 1 aliphatic heterocycles. The number of nitro groups is 1. The van der Waals surface area contributed by atoms with E-state index in [1.165, 1.54) is 0 Å². The standard InChI is InChI=1S/C18H26N2O5/c1-4-13(10-18(21)22)14-5-6-15(16(9-14)20(23)24)19-7-8-25-11-17(19)12(2)3/h5-6,9,12-13,17H,4,7-8,10-11H2,1-3H3,(H,21,22)/t13?,17-/m1/s1. The molecule has 0 aromatic heterocycles. The Hall–Kier alpha value is -2.15. The molecule has 1 saturated heterocycles. The van der Waals surface area contributed by atoms with Crippen molar-refractivity contribution in [3.63, 3.8) is 0 Å². The monoisotopic (exact) mass is 350 g/mol. The summed E-state index contributed by atoms with van der Waals surface area (Å²) in [4.78, 5) is 24.4. The first-order valence-corrected chi connectivity index (χ1v) is 8.69. The van der Waals surface area contributed by atoms with Crippen LogP contribution in [0.25, 0.3) is 0 Å². The van der Waals surface area contributed by atoms with E-state index in [4.69, 9.17) is 9.84 Å². The highest BCUT2D eigenvalue weighted by Gasteiger charge is 2.31. The van der Waals surface area contributed by atoms with E-state index in [-0.39, 0.29) is 29.0 Å². The van der Waals surface area contributed by atoms with Crippen LogP contribution in [0, 0.1) is 16.0 Å². The number of benzene rings is 1. The molecule has 2 atom stereocenters. The van der Waals surface area contributed by atoms with Crippen molar-refractivity contribution in [3.05, 3.63) is 33.9 Å². The van der Waals surface area contributed by atoms with Gasteiger partial charge in [-0.15, -0.1) is 0 Å². The van der Waals surface area contributed by atoms with Crippen molar-refractivity contribution < 1.29 is 19.6 Å². The Bertz CT molecular complexity index is 632. The van der Waals surface area contributed by atoms with Gasteiger partial charge in [-0.1, -0.05) is 26.8 Å². The first kappa shape index (κ1) is 19.2. The number of nitrogens with zero attached hydrogens (tertiary/aromatic N) is 2. The van der Waals surface area contributed by atoms with Crippen molar-refractivity contribution in [3.8, 4) is 0 Å². The third-order valence-corrected chi connectivity index (χ3v) is 4.83. The summed E-state index contributed by atoms with van der Waals surface area (Å²) in [6.07, 6.45) is 0.591. The van der Waals surface area contributed by atoms with Crippen molar-refractivity contribution in [1.29, 1.82) is 0 Å². The lowest BCUT2D eigenvalue weighted by Gasteiger charge is -2.39. The van der Waals surface area contributed by atoms with Crippen molar-refractivity contribution in [2.75, 3.05) is 24.7 Å². The molecule has 1 unspecified atom stereocenters. The average molecular weight is 350 g/mol. The molecule has 0 bridgehead atoms. The largest absolute Gasteiger partial charge is 0.481 e. The number of carboxylic acids is 1. The molecule has 1 fully saturated rings. The molecule has 7 heteroatoms. The van der Waals surface area contributed by atoms with E-state index in [1.54, 1.807) is 12.1 Å². The average Bonchev–Trinajstić information content (AvgIpc) is 2.58. The fourth-order valence-corrected chi connectivity index (χ4v) is 3.37. The summed E-state index contributed by atoms with van der Waals surface area (Å²) in [5.74, 6) is -0.822. The molecule has 0 spiro atoms. The summed E-state index contributed by atoms with van der Waals surface area (Å²) < 4.78 is 5.54. The molecule has 0 aliphatic carbocycles. The predicted molar refractivity (Wildman–Crippen MR) is 95.2 cm³/mol. The number of morpholine rings is 1. The van der Waals surface area contributed by atoms with E-state index >= 15 is 0 Å². The van der Waals surface area contributed by atoms with Gasteiger partial charge in [0.05, 0.1) is 30.6 Å². The Labute approximate surface area is 147 Å². The van der Waals surface area contributed by atoms with Gasteiger partial charge in [-0.25, -0.2) is 0 Å². The van der Waals surface area contributed by atoms with Crippen LogP contribution in [-0.2, 0) is 9.53 Å². The van der Waals surface area contributed by atoms with Crippen LogP contribution in [0.15, 0.2) is 18.2 Å². The smallest absolute Gasteiger partial charge is 0.303 e. The second-order valence-electron chi connectivity index (χ2n) is 6.79. The zero-order valence-corrected chi connectivity index (χ0v) is 15.0. The topological polar surface area (TPSA) is 92.9 Å². The summed E-state index contributed by atoms with van der Waals surface area (Å²) in [6, 6.07) is 5.21. The SMILES string of the molecule is CCC(CC(=O)O)c1ccc(N2CCOC[C@@H]2C(C)C)c([N+](=O)[O-])c1. The zero-order valence-electron chi connectivity index (χ0n) is 15.0. The second-order valence-corrected chi connectivity index (χ2v) is 6.79. The number of aliphatic carboxylic acids is 1. The molecule has 1 N–H and O–H groups in total. The lowest BCUT2D eigenvalue weighted by atomic mass is 9.92. The highest BCUT2D eigenvalue weighted by atomic mass is 16.6.